The van der Waals surface area contributed by atoms with Gasteiger partial charge >= 0.3 is 0 Å². The molecule has 2 aromatic rings. The maximum atomic E-state index is 12.1. The van der Waals surface area contributed by atoms with Crippen molar-refractivity contribution in [1.82, 2.24) is 15.6 Å². The number of nitrogens with zero attached hydrogens (tertiary/aromatic N) is 2. The molecular weight excluding hydrogens is 483 g/mol. The van der Waals surface area contributed by atoms with Crippen molar-refractivity contribution in [2.24, 2.45) is 4.99 Å². The van der Waals surface area contributed by atoms with E-state index in [1.54, 1.807) is 19.3 Å². The lowest BCUT2D eigenvalue weighted by Crippen LogP contribution is -2.40. The molecule has 0 radical (unpaired) electrons. The summed E-state index contributed by atoms with van der Waals surface area (Å²) in [7, 11) is 0.829. The molecule has 0 spiro atoms. The summed E-state index contributed by atoms with van der Waals surface area (Å²) < 4.78 is 12.1. The van der Waals surface area contributed by atoms with Crippen LogP contribution in [0.2, 0.25) is 5.15 Å². The van der Waals surface area contributed by atoms with E-state index in [1.807, 2.05) is 36.4 Å². The Kier molecular flexibility index (Phi) is 11.5. The Morgan fingerprint density at radius 1 is 1.12 bits per heavy atom. The molecule has 5 nitrogen and oxygen atoms in total. The van der Waals surface area contributed by atoms with Crippen molar-refractivity contribution in [3.05, 3.63) is 64.9 Å². The van der Waals surface area contributed by atoms with Crippen LogP contribution < -0.4 is 10.6 Å². The molecule has 0 saturated carbocycles. The number of pyridine rings is 1. The molecule has 8 heteroatoms. The number of nitrogens with one attached hydrogen (secondary N) is 2. The Balaban J connectivity index is 0.00000338. The summed E-state index contributed by atoms with van der Waals surface area (Å²) in [6.45, 7) is 1.34. The van der Waals surface area contributed by atoms with Crippen LogP contribution in [-0.2, 0) is 23.0 Å². The molecule has 1 aromatic heterocycles. The molecule has 0 amide bonds. The average Bonchev–Trinajstić information content (AvgIpc) is 2.63. The Morgan fingerprint density at radius 2 is 1.85 bits per heavy atom. The molecule has 1 aromatic carbocycles. The van der Waals surface area contributed by atoms with E-state index in [0.29, 0.717) is 29.2 Å². The molecule has 0 bridgehead atoms. The molecule has 2 rings (SSSR count). The van der Waals surface area contributed by atoms with Crippen molar-refractivity contribution in [2.45, 2.75) is 12.2 Å². The first kappa shape index (κ1) is 22.9. The van der Waals surface area contributed by atoms with E-state index in [4.69, 9.17) is 11.6 Å². The van der Waals surface area contributed by atoms with Crippen molar-refractivity contribution < 1.29 is 4.21 Å². The highest BCUT2D eigenvalue weighted by Crippen LogP contribution is 2.05. The van der Waals surface area contributed by atoms with Crippen molar-refractivity contribution in [3.8, 4) is 0 Å². The molecular formula is C18H24ClIN4OS. The minimum Gasteiger partial charge on any atom is -0.356 e. The summed E-state index contributed by atoms with van der Waals surface area (Å²) >= 11 is 5.77. The lowest BCUT2D eigenvalue weighted by molar-refractivity contribution is 0.680. The van der Waals surface area contributed by atoms with Gasteiger partial charge in [0.15, 0.2) is 5.96 Å². The quantitative estimate of drug-likeness (QED) is 0.250. The Bertz CT molecular complexity index is 698. The summed E-state index contributed by atoms with van der Waals surface area (Å²) in [4.78, 5) is 8.23. The van der Waals surface area contributed by atoms with Crippen molar-refractivity contribution in [2.75, 3.05) is 25.9 Å². The molecule has 1 heterocycles. The standard InChI is InChI=1S/C18H23ClN4OS.HI/c1-20-18(21-10-9-15-7-8-17(19)23-13-15)22-11-12-25(24)14-16-5-3-2-4-6-16;/h2-8,13H,9-12,14H2,1H3,(H2,20,21,22);1H. The number of aromatic nitrogens is 1. The SMILES string of the molecule is CN=C(NCCc1ccc(Cl)nc1)NCCS(=O)Cc1ccccc1.I. The van der Waals surface area contributed by atoms with Crippen LogP contribution in [0.4, 0.5) is 0 Å². The van der Waals surface area contributed by atoms with Crippen LogP contribution in [0, 0.1) is 0 Å². The fourth-order valence-corrected chi connectivity index (χ4v) is 3.37. The molecule has 2 N–H and O–H groups in total. The lowest BCUT2D eigenvalue weighted by atomic mass is 10.2. The molecule has 0 aliphatic carbocycles. The molecule has 0 saturated heterocycles. The molecule has 0 aliphatic rings. The zero-order valence-corrected chi connectivity index (χ0v) is 18.6. The van der Waals surface area contributed by atoms with Gasteiger partial charge in [0.25, 0.3) is 0 Å². The molecule has 0 fully saturated rings. The van der Waals surface area contributed by atoms with E-state index in [0.717, 1.165) is 24.1 Å². The van der Waals surface area contributed by atoms with Crippen LogP contribution in [0.1, 0.15) is 11.1 Å². The number of hydrogen-bond donors (Lipinski definition) is 2. The zero-order valence-electron chi connectivity index (χ0n) is 14.7. The minimum absolute atomic E-state index is 0. The van der Waals surface area contributed by atoms with Crippen LogP contribution in [0.25, 0.3) is 0 Å². The van der Waals surface area contributed by atoms with Crippen LogP contribution >= 0.6 is 35.6 Å². The third-order valence-corrected chi connectivity index (χ3v) is 5.05. The number of guanidine groups is 1. The highest BCUT2D eigenvalue weighted by molar-refractivity contribution is 14.0. The first-order chi connectivity index (χ1) is 12.2. The molecule has 26 heavy (non-hydrogen) atoms. The number of benzene rings is 1. The Hall–Kier alpha value is -1.19. The zero-order chi connectivity index (χ0) is 17.9. The third-order valence-electron chi connectivity index (χ3n) is 3.51. The first-order valence-corrected chi connectivity index (χ1v) is 9.98. The van der Waals surface area contributed by atoms with Gasteiger partial charge < -0.3 is 10.6 Å². The van der Waals surface area contributed by atoms with E-state index in [9.17, 15) is 4.21 Å². The summed E-state index contributed by atoms with van der Waals surface area (Å²) in [6.07, 6.45) is 2.59. The van der Waals surface area contributed by atoms with Crippen molar-refractivity contribution in [3.63, 3.8) is 0 Å². The summed E-state index contributed by atoms with van der Waals surface area (Å²) in [6, 6.07) is 13.6. The second kappa shape index (κ2) is 13.1. The fourth-order valence-electron chi connectivity index (χ4n) is 2.22. The van der Waals surface area contributed by atoms with E-state index in [2.05, 4.69) is 20.6 Å². The van der Waals surface area contributed by atoms with E-state index >= 15 is 0 Å². The smallest absolute Gasteiger partial charge is 0.191 e. The normalized spacial score (nSPS) is 12.2. The van der Waals surface area contributed by atoms with Crippen molar-refractivity contribution >= 4 is 52.3 Å². The van der Waals surface area contributed by atoms with Crippen molar-refractivity contribution in [1.29, 1.82) is 0 Å². The highest BCUT2D eigenvalue weighted by Gasteiger charge is 2.03. The van der Waals surface area contributed by atoms with Gasteiger partial charge in [-0.05, 0) is 23.6 Å². The van der Waals surface area contributed by atoms with E-state index in [1.165, 1.54) is 0 Å². The van der Waals surface area contributed by atoms with Gasteiger partial charge in [-0.3, -0.25) is 9.20 Å². The van der Waals surface area contributed by atoms with Crippen LogP contribution in [-0.4, -0.2) is 41.0 Å². The van der Waals surface area contributed by atoms with Gasteiger partial charge in [-0.1, -0.05) is 48.0 Å². The van der Waals surface area contributed by atoms with Gasteiger partial charge in [-0.2, -0.15) is 0 Å². The second-order valence-electron chi connectivity index (χ2n) is 5.44. The molecule has 1 atom stereocenters. The second-order valence-corrected chi connectivity index (χ2v) is 7.40. The number of rotatable bonds is 8. The van der Waals surface area contributed by atoms with Gasteiger partial charge in [0.05, 0.1) is 0 Å². The van der Waals surface area contributed by atoms with E-state index < -0.39 is 10.8 Å². The summed E-state index contributed by atoms with van der Waals surface area (Å²) in [5, 5.41) is 6.92. The number of aliphatic imine (C=N–C) groups is 1. The van der Waals surface area contributed by atoms with Gasteiger partial charge in [0.2, 0.25) is 0 Å². The number of halogens is 2. The van der Waals surface area contributed by atoms with Crippen LogP contribution in [0.15, 0.2) is 53.7 Å². The maximum Gasteiger partial charge on any atom is 0.191 e. The minimum atomic E-state index is -0.893. The van der Waals surface area contributed by atoms with Gasteiger partial charge in [-0.15, -0.1) is 24.0 Å². The monoisotopic (exact) mass is 506 g/mol. The number of hydrogen-bond acceptors (Lipinski definition) is 3. The van der Waals surface area contributed by atoms with E-state index in [-0.39, 0.29) is 24.0 Å². The summed E-state index contributed by atoms with van der Waals surface area (Å²) in [5.41, 5.74) is 2.20. The first-order valence-electron chi connectivity index (χ1n) is 8.11. The third kappa shape index (κ3) is 8.95. The van der Waals surface area contributed by atoms with Gasteiger partial charge in [0, 0.05) is 48.6 Å². The molecule has 1 unspecified atom stereocenters. The topological polar surface area (TPSA) is 66.4 Å². The predicted molar refractivity (Wildman–Crippen MR) is 121 cm³/mol. The van der Waals surface area contributed by atoms with Gasteiger partial charge in [0.1, 0.15) is 5.15 Å². The molecule has 0 aliphatic heterocycles. The lowest BCUT2D eigenvalue weighted by Gasteiger charge is -2.11. The highest BCUT2D eigenvalue weighted by atomic mass is 127. The average molecular weight is 507 g/mol. The van der Waals surface area contributed by atoms with Crippen LogP contribution in [0.3, 0.4) is 0 Å². The molecule has 142 valence electrons. The maximum absolute atomic E-state index is 12.1. The predicted octanol–water partition coefficient (Wildman–Crippen LogP) is 3.01. The largest absolute Gasteiger partial charge is 0.356 e. The Morgan fingerprint density at radius 3 is 2.50 bits per heavy atom. The van der Waals surface area contributed by atoms with Gasteiger partial charge in [-0.25, -0.2) is 4.98 Å². The fraction of sp³-hybridized carbons (Fsp3) is 0.333. The van der Waals surface area contributed by atoms with Crippen LogP contribution in [0.5, 0.6) is 0 Å². The Labute approximate surface area is 179 Å². The summed E-state index contributed by atoms with van der Waals surface area (Å²) in [5.74, 6) is 1.87.